The third-order valence-electron chi connectivity index (χ3n) is 2.49. The molecular weight excluding hydrogens is 285 g/mol. The normalized spacial score (nSPS) is 11.2. The second kappa shape index (κ2) is 5.40. The number of nitrogens with one attached hydrogen (secondary N) is 1. The van der Waals surface area contributed by atoms with E-state index >= 15 is 0 Å². The van der Waals surface area contributed by atoms with Gasteiger partial charge in [-0.15, -0.1) is 0 Å². The Bertz CT molecular complexity index is 777. The Balaban J connectivity index is 2.20. The number of aromatic nitrogens is 1. The third kappa shape index (κ3) is 3.01. The summed E-state index contributed by atoms with van der Waals surface area (Å²) in [6.07, 6.45) is 0. The van der Waals surface area contributed by atoms with Crippen molar-refractivity contribution in [2.24, 2.45) is 0 Å². The predicted molar refractivity (Wildman–Crippen MR) is 66.4 cm³/mol. The van der Waals surface area contributed by atoms with E-state index in [2.05, 4.69) is 9.88 Å². The summed E-state index contributed by atoms with van der Waals surface area (Å²) in [6, 6.07) is 6.19. The summed E-state index contributed by atoms with van der Waals surface area (Å²) in [4.78, 5) is -0.185. The minimum atomic E-state index is -3.85. The minimum Gasteiger partial charge on any atom is -0.361 e. The first-order chi connectivity index (χ1) is 9.42. The van der Waals surface area contributed by atoms with Crippen LogP contribution in [0.25, 0.3) is 0 Å². The fourth-order valence-corrected chi connectivity index (χ4v) is 2.54. The summed E-state index contributed by atoms with van der Waals surface area (Å²) in [5, 5.41) is 12.3. The number of rotatable bonds is 4. The zero-order chi connectivity index (χ0) is 14.8. The topological polar surface area (TPSA) is 96.0 Å². The van der Waals surface area contributed by atoms with Crippen molar-refractivity contribution in [1.82, 2.24) is 9.88 Å². The number of aryl methyl sites for hydroxylation is 1. The van der Waals surface area contributed by atoms with E-state index in [1.165, 1.54) is 0 Å². The zero-order valence-corrected chi connectivity index (χ0v) is 11.2. The van der Waals surface area contributed by atoms with Crippen LogP contribution in [0.15, 0.2) is 33.7 Å². The molecule has 0 saturated carbocycles. The quantitative estimate of drug-likeness (QED) is 0.921. The summed E-state index contributed by atoms with van der Waals surface area (Å²) in [5.74, 6) is -0.202. The van der Waals surface area contributed by atoms with E-state index in [0.29, 0.717) is 11.5 Å². The van der Waals surface area contributed by atoms with Crippen molar-refractivity contribution in [2.45, 2.75) is 18.4 Å². The van der Waals surface area contributed by atoms with Crippen LogP contribution in [0.3, 0.4) is 0 Å². The molecule has 0 amide bonds. The molecule has 20 heavy (non-hydrogen) atoms. The molecule has 0 aliphatic carbocycles. The molecule has 1 N–H and O–H groups in total. The molecule has 2 aromatic rings. The highest BCUT2D eigenvalue weighted by molar-refractivity contribution is 7.89. The first-order valence-electron chi connectivity index (χ1n) is 5.54. The Hall–Kier alpha value is -2.24. The molecule has 0 bridgehead atoms. The molecule has 0 aliphatic heterocycles. The highest BCUT2D eigenvalue weighted by Crippen LogP contribution is 2.14. The van der Waals surface area contributed by atoms with Crippen LogP contribution in [0.1, 0.15) is 17.0 Å². The molecular formula is C12H10FN3O3S. The highest BCUT2D eigenvalue weighted by Gasteiger charge is 2.16. The monoisotopic (exact) mass is 295 g/mol. The van der Waals surface area contributed by atoms with Gasteiger partial charge in [-0.1, -0.05) is 5.16 Å². The number of benzene rings is 1. The molecule has 1 aromatic carbocycles. The molecule has 0 spiro atoms. The van der Waals surface area contributed by atoms with Gasteiger partial charge in [0.1, 0.15) is 17.6 Å². The van der Waals surface area contributed by atoms with Crippen molar-refractivity contribution in [2.75, 3.05) is 0 Å². The van der Waals surface area contributed by atoms with Gasteiger partial charge >= 0.3 is 0 Å². The van der Waals surface area contributed by atoms with Gasteiger partial charge in [-0.25, -0.2) is 17.5 Å². The van der Waals surface area contributed by atoms with Crippen LogP contribution in [0.5, 0.6) is 0 Å². The lowest BCUT2D eigenvalue weighted by atomic mass is 10.2. The Morgan fingerprint density at radius 2 is 2.20 bits per heavy atom. The molecule has 8 heteroatoms. The van der Waals surface area contributed by atoms with Crippen LogP contribution in [-0.4, -0.2) is 13.6 Å². The molecule has 0 unspecified atom stereocenters. The van der Waals surface area contributed by atoms with E-state index < -0.39 is 15.8 Å². The molecule has 6 nitrogen and oxygen atoms in total. The molecule has 0 fully saturated rings. The minimum absolute atomic E-state index is 0.0566. The lowest BCUT2D eigenvalue weighted by Crippen LogP contribution is -2.23. The summed E-state index contributed by atoms with van der Waals surface area (Å²) >= 11 is 0. The number of nitrogens with zero attached hydrogens (tertiary/aromatic N) is 2. The molecule has 1 heterocycles. The first kappa shape index (κ1) is 14.2. The number of hydrogen-bond donors (Lipinski definition) is 1. The Morgan fingerprint density at radius 1 is 1.45 bits per heavy atom. The smallest absolute Gasteiger partial charge is 0.240 e. The molecule has 0 saturated heterocycles. The van der Waals surface area contributed by atoms with Crippen LogP contribution in [0, 0.1) is 24.1 Å². The maximum Gasteiger partial charge on any atom is 0.240 e. The van der Waals surface area contributed by atoms with Crippen molar-refractivity contribution in [3.63, 3.8) is 0 Å². The maximum absolute atomic E-state index is 13.2. The molecule has 1 aromatic heterocycles. The summed E-state index contributed by atoms with van der Waals surface area (Å²) in [6.45, 7) is 1.63. The van der Waals surface area contributed by atoms with Gasteiger partial charge in [0, 0.05) is 6.07 Å². The third-order valence-corrected chi connectivity index (χ3v) is 3.89. The number of sulfonamides is 1. The number of nitriles is 1. The second-order valence-corrected chi connectivity index (χ2v) is 5.77. The maximum atomic E-state index is 13.2. The van der Waals surface area contributed by atoms with Gasteiger partial charge in [-0.05, 0) is 25.1 Å². The van der Waals surface area contributed by atoms with Gasteiger partial charge in [0.2, 0.25) is 10.0 Å². The van der Waals surface area contributed by atoms with E-state index in [-0.39, 0.29) is 17.0 Å². The first-order valence-corrected chi connectivity index (χ1v) is 7.02. The highest BCUT2D eigenvalue weighted by atomic mass is 32.2. The summed E-state index contributed by atoms with van der Waals surface area (Å²) in [7, 11) is -3.85. The molecule has 2 rings (SSSR count). The van der Waals surface area contributed by atoms with Crippen molar-refractivity contribution >= 4 is 10.0 Å². The molecule has 0 atom stereocenters. The van der Waals surface area contributed by atoms with Crippen molar-refractivity contribution in [1.29, 1.82) is 5.26 Å². The summed E-state index contributed by atoms with van der Waals surface area (Å²) in [5.41, 5.74) is 0.0962. The van der Waals surface area contributed by atoms with Crippen LogP contribution < -0.4 is 4.72 Å². The van der Waals surface area contributed by atoms with Crippen LogP contribution in [-0.2, 0) is 16.6 Å². The van der Waals surface area contributed by atoms with Crippen molar-refractivity contribution < 1.29 is 17.3 Å². The van der Waals surface area contributed by atoms with E-state index in [0.717, 1.165) is 18.2 Å². The molecule has 0 radical (unpaired) electrons. The van der Waals surface area contributed by atoms with E-state index in [1.54, 1.807) is 19.1 Å². The average molecular weight is 295 g/mol. The Labute approximate surface area is 114 Å². The second-order valence-electron chi connectivity index (χ2n) is 4.01. The Morgan fingerprint density at radius 3 is 2.80 bits per heavy atom. The fraction of sp³-hybridized carbons (Fsp3) is 0.167. The molecule has 104 valence electrons. The Kier molecular flexibility index (Phi) is 3.83. The van der Waals surface area contributed by atoms with E-state index in [9.17, 15) is 12.8 Å². The van der Waals surface area contributed by atoms with Gasteiger partial charge in [0.15, 0.2) is 0 Å². The largest absolute Gasteiger partial charge is 0.361 e. The number of hydrogen-bond acceptors (Lipinski definition) is 5. The fourth-order valence-electron chi connectivity index (χ4n) is 1.51. The van der Waals surface area contributed by atoms with Gasteiger partial charge in [0.25, 0.3) is 0 Å². The standard InChI is InChI=1S/C12H10FN3O3S/c1-8-4-10(16-19-8)7-15-20(17,18)11-2-3-12(13)9(5-11)6-14/h2-5,15H,7H2,1H3. The lowest BCUT2D eigenvalue weighted by Gasteiger charge is -2.05. The lowest BCUT2D eigenvalue weighted by molar-refractivity contribution is 0.390. The van der Waals surface area contributed by atoms with E-state index in [1.807, 2.05) is 0 Å². The number of halogens is 1. The van der Waals surface area contributed by atoms with Gasteiger partial charge in [-0.3, -0.25) is 0 Å². The van der Waals surface area contributed by atoms with Gasteiger partial charge in [-0.2, -0.15) is 5.26 Å². The van der Waals surface area contributed by atoms with Gasteiger partial charge in [0.05, 0.1) is 22.7 Å². The zero-order valence-electron chi connectivity index (χ0n) is 10.4. The molecule has 0 aliphatic rings. The average Bonchev–Trinajstić information content (AvgIpc) is 2.83. The predicted octanol–water partition coefficient (Wildman–Crippen LogP) is 1.47. The summed E-state index contributed by atoms with van der Waals surface area (Å²) < 4.78 is 44.2. The van der Waals surface area contributed by atoms with Crippen LogP contribution in [0.2, 0.25) is 0 Å². The van der Waals surface area contributed by atoms with E-state index in [4.69, 9.17) is 9.78 Å². The van der Waals surface area contributed by atoms with Crippen molar-refractivity contribution in [3.05, 3.63) is 47.1 Å². The van der Waals surface area contributed by atoms with Crippen LogP contribution >= 0.6 is 0 Å². The van der Waals surface area contributed by atoms with Crippen molar-refractivity contribution in [3.8, 4) is 6.07 Å². The van der Waals surface area contributed by atoms with Gasteiger partial charge < -0.3 is 4.52 Å². The van der Waals surface area contributed by atoms with Crippen LogP contribution in [0.4, 0.5) is 4.39 Å². The SMILES string of the molecule is Cc1cc(CNS(=O)(=O)c2ccc(F)c(C#N)c2)no1.